The molecule has 1 unspecified atom stereocenters. The Bertz CT molecular complexity index is 393. The number of hydrogen-bond acceptors (Lipinski definition) is 5. The van der Waals surface area contributed by atoms with Gasteiger partial charge in [-0.25, -0.2) is 0 Å². The van der Waals surface area contributed by atoms with Crippen molar-refractivity contribution >= 4 is 17.6 Å². The summed E-state index contributed by atoms with van der Waals surface area (Å²) >= 11 is 0. The molecule has 0 aromatic heterocycles. The van der Waals surface area contributed by atoms with E-state index in [1.165, 1.54) is 32.0 Å². The van der Waals surface area contributed by atoms with E-state index in [1.54, 1.807) is 0 Å². The average molecular weight is 280 g/mol. The van der Waals surface area contributed by atoms with Crippen LogP contribution in [-0.2, 0) is 14.3 Å². The summed E-state index contributed by atoms with van der Waals surface area (Å²) in [6.45, 7) is 3.98. The first-order chi connectivity index (χ1) is 9.65. The quantitative estimate of drug-likeness (QED) is 0.570. The van der Waals surface area contributed by atoms with Crippen molar-refractivity contribution in [2.24, 2.45) is 4.99 Å². The normalized spacial score (nSPS) is 22.6. The molecule has 5 heteroatoms. The highest BCUT2D eigenvalue weighted by atomic mass is 16.5. The fraction of sp³-hybridized carbons (Fsp3) is 0.800. The molecule has 0 aromatic rings. The molecule has 2 rings (SSSR count). The van der Waals surface area contributed by atoms with Crippen LogP contribution >= 0.6 is 0 Å². The molecule has 0 saturated carbocycles. The van der Waals surface area contributed by atoms with Crippen molar-refractivity contribution in [2.75, 3.05) is 19.7 Å². The minimum Gasteiger partial charge on any atom is -0.465 e. The molecule has 5 nitrogen and oxygen atoms in total. The molecule has 2 aliphatic rings. The molecule has 2 aliphatic heterocycles. The van der Waals surface area contributed by atoms with E-state index < -0.39 is 5.97 Å². The van der Waals surface area contributed by atoms with Crippen molar-refractivity contribution in [3.63, 3.8) is 0 Å². The maximum absolute atomic E-state index is 11.3. The molecule has 0 amide bonds. The van der Waals surface area contributed by atoms with Gasteiger partial charge in [0.25, 0.3) is 0 Å². The van der Waals surface area contributed by atoms with Gasteiger partial charge >= 0.3 is 5.97 Å². The lowest BCUT2D eigenvalue weighted by atomic mass is 10.1. The van der Waals surface area contributed by atoms with Gasteiger partial charge in [-0.3, -0.25) is 14.6 Å². The third-order valence-corrected chi connectivity index (χ3v) is 3.86. The number of carbonyl (C=O) groups excluding carboxylic acids is 2. The van der Waals surface area contributed by atoms with Crippen molar-refractivity contribution < 1.29 is 14.3 Å². The maximum Gasteiger partial charge on any atom is 0.313 e. The standard InChI is InChI=1S/C15H24N2O3/c1-12(18)11-15(19)20-10-7-13-6-9-17-8-4-2-3-5-14(17)16-13/h13H,2-11H2,1H3. The van der Waals surface area contributed by atoms with Crippen molar-refractivity contribution in [2.45, 2.75) is 57.9 Å². The van der Waals surface area contributed by atoms with Crippen LogP contribution in [0.1, 0.15) is 51.9 Å². The molecule has 0 bridgehead atoms. The number of Topliss-reactive ketones (excluding diaryl/α,β-unsaturated/α-hetero) is 1. The van der Waals surface area contributed by atoms with Crippen LogP contribution < -0.4 is 0 Å². The summed E-state index contributed by atoms with van der Waals surface area (Å²) in [7, 11) is 0. The fourth-order valence-corrected chi connectivity index (χ4v) is 2.79. The number of carbonyl (C=O) groups is 2. The Morgan fingerprint density at radius 1 is 1.30 bits per heavy atom. The van der Waals surface area contributed by atoms with Gasteiger partial charge in [0.2, 0.25) is 0 Å². The first-order valence-electron chi connectivity index (χ1n) is 7.62. The highest BCUT2D eigenvalue weighted by Gasteiger charge is 2.22. The van der Waals surface area contributed by atoms with Gasteiger partial charge in [-0.05, 0) is 26.2 Å². The van der Waals surface area contributed by atoms with E-state index in [0.717, 1.165) is 32.4 Å². The van der Waals surface area contributed by atoms with E-state index in [4.69, 9.17) is 9.73 Å². The number of ketones is 1. The highest BCUT2D eigenvalue weighted by Crippen LogP contribution is 2.20. The zero-order chi connectivity index (χ0) is 14.4. The van der Waals surface area contributed by atoms with Crippen LogP contribution in [0.15, 0.2) is 4.99 Å². The molecule has 0 aromatic carbocycles. The Balaban J connectivity index is 1.75. The minimum absolute atomic E-state index is 0.118. The van der Waals surface area contributed by atoms with Gasteiger partial charge in [0.05, 0.1) is 18.5 Å². The zero-order valence-corrected chi connectivity index (χ0v) is 12.3. The molecular formula is C15H24N2O3. The molecule has 1 atom stereocenters. The van der Waals surface area contributed by atoms with Gasteiger partial charge in [0.1, 0.15) is 12.2 Å². The van der Waals surface area contributed by atoms with Gasteiger partial charge in [-0.1, -0.05) is 6.42 Å². The Morgan fingerprint density at radius 3 is 2.95 bits per heavy atom. The summed E-state index contributed by atoms with van der Waals surface area (Å²) < 4.78 is 5.07. The second kappa shape index (κ2) is 7.41. The molecule has 2 heterocycles. The number of aliphatic imine (C=N–C) groups is 1. The molecule has 0 N–H and O–H groups in total. The van der Waals surface area contributed by atoms with E-state index in [0.29, 0.717) is 6.61 Å². The number of nitrogens with zero attached hydrogens (tertiary/aromatic N) is 2. The van der Waals surface area contributed by atoms with E-state index in [1.807, 2.05) is 0 Å². The summed E-state index contributed by atoms with van der Waals surface area (Å²) in [6, 6.07) is 0.268. The highest BCUT2D eigenvalue weighted by molar-refractivity contribution is 5.94. The first kappa shape index (κ1) is 15.0. The summed E-state index contributed by atoms with van der Waals surface area (Å²) in [5, 5.41) is 0. The second-order valence-corrected chi connectivity index (χ2v) is 5.67. The maximum atomic E-state index is 11.3. The van der Waals surface area contributed by atoms with Gasteiger partial charge in [-0.15, -0.1) is 0 Å². The van der Waals surface area contributed by atoms with E-state index in [9.17, 15) is 9.59 Å². The predicted octanol–water partition coefficient (Wildman–Crippen LogP) is 1.95. The molecule has 1 saturated heterocycles. The number of ether oxygens (including phenoxy) is 1. The summed E-state index contributed by atoms with van der Waals surface area (Å²) in [5.74, 6) is 0.674. The van der Waals surface area contributed by atoms with E-state index >= 15 is 0 Å². The molecule has 0 radical (unpaired) electrons. The molecular weight excluding hydrogens is 256 g/mol. The summed E-state index contributed by atoms with van der Waals surface area (Å²) in [5.41, 5.74) is 0. The number of fused-ring (bicyclic) bond motifs is 1. The second-order valence-electron chi connectivity index (χ2n) is 5.67. The lowest BCUT2D eigenvalue weighted by Gasteiger charge is -2.31. The number of rotatable bonds is 5. The van der Waals surface area contributed by atoms with Crippen molar-refractivity contribution in [3.8, 4) is 0 Å². The molecule has 112 valence electrons. The zero-order valence-electron chi connectivity index (χ0n) is 12.3. The van der Waals surface area contributed by atoms with Gasteiger partial charge in [-0.2, -0.15) is 0 Å². The molecule has 20 heavy (non-hydrogen) atoms. The van der Waals surface area contributed by atoms with Crippen molar-refractivity contribution in [3.05, 3.63) is 0 Å². The van der Waals surface area contributed by atoms with Crippen LogP contribution in [0.5, 0.6) is 0 Å². The summed E-state index contributed by atoms with van der Waals surface area (Å²) in [6.07, 6.45) is 6.56. The van der Waals surface area contributed by atoms with Gasteiger partial charge in [0.15, 0.2) is 0 Å². The van der Waals surface area contributed by atoms with Crippen molar-refractivity contribution in [1.29, 1.82) is 0 Å². The third kappa shape index (κ3) is 4.62. The largest absolute Gasteiger partial charge is 0.465 e. The SMILES string of the molecule is CC(=O)CC(=O)OCCC1CCN2CCCCCC2=N1. The Labute approximate surface area is 120 Å². The van der Waals surface area contributed by atoms with Crippen LogP contribution in [0.2, 0.25) is 0 Å². The topological polar surface area (TPSA) is 59.0 Å². The fourth-order valence-electron chi connectivity index (χ4n) is 2.79. The van der Waals surface area contributed by atoms with Gasteiger partial charge in [0, 0.05) is 25.9 Å². The molecule has 0 aliphatic carbocycles. The lowest BCUT2D eigenvalue weighted by Crippen LogP contribution is -2.38. The van der Waals surface area contributed by atoms with Crippen LogP contribution in [0.25, 0.3) is 0 Å². The number of amidine groups is 1. The van der Waals surface area contributed by atoms with E-state index in [-0.39, 0.29) is 18.2 Å². The molecule has 1 fully saturated rings. The Hall–Kier alpha value is -1.39. The minimum atomic E-state index is -0.419. The monoisotopic (exact) mass is 280 g/mol. The van der Waals surface area contributed by atoms with Crippen LogP contribution in [0.4, 0.5) is 0 Å². The number of esters is 1. The average Bonchev–Trinajstić information content (AvgIpc) is 2.62. The third-order valence-electron chi connectivity index (χ3n) is 3.86. The van der Waals surface area contributed by atoms with Crippen molar-refractivity contribution in [1.82, 2.24) is 4.90 Å². The lowest BCUT2D eigenvalue weighted by molar-refractivity contribution is -0.145. The van der Waals surface area contributed by atoms with E-state index in [2.05, 4.69) is 4.90 Å². The first-order valence-corrected chi connectivity index (χ1v) is 7.62. The number of hydrogen-bond donors (Lipinski definition) is 0. The van der Waals surface area contributed by atoms with Gasteiger partial charge < -0.3 is 9.64 Å². The Kier molecular flexibility index (Phi) is 5.56. The predicted molar refractivity (Wildman–Crippen MR) is 76.8 cm³/mol. The summed E-state index contributed by atoms with van der Waals surface area (Å²) in [4.78, 5) is 29.3. The molecule has 0 spiro atoms. The van der Waals surface area contributed by atoms with Crippen LogP contribution in [0.3, 0.4) is 0 Å². The Morgan fingerprint density at radius 2 is 2.15 bits per heavy atom. The van der Waals surface area contributed by atoms with Crippen LogP contribution in [-0.4, -0.2) is 48.2 Å². The van der Waals surface area contributed by atoms with Crippen LogP contribution in [0, 0.1) is 0 Å². The smallest absolute Gasteiger partial charge is 0.313 e.